The summed E-state index contributed by atoms with van der Waals surface area (Å²) in [6.07, 6.45) is 5.11. The van der Waals surface area contributed by atoms with E-state index < -0.39 is 0 Å². The van der Waals surface area contributed by atoms with Crippen molar-refractivity contribution in [2.24, 2.45) is 0 Å². The van der Waals surface area contributed by atoms with Gasteiger partial charge in [0.25, 0.3) is 5.91 Å². The molecule has 0 aliphatic rings. The fourth-order valence-corrected chi connectivity index (χ4v) is 4.31. The van der Waals surface area contributed by atoms with E-state index in [0.29, 0.717) is 23.7 Å². The molecular formula is C29H30ClN3O2. The largest absolute Gasteiger partial charge is 0.493 e. The van der Waals surface area contributed by atoms with Gasteiger partial charge in [-0.25, -0.2) is 4.98 Å². The van der Waals surface area contributed by atoms with E-state index in [2.05, 4.69) is 28.6 Å². The number of rotatable bonds is 12. The van der Waals surface area contributed by atoms with Gasteiger partial charge in [-0.05, 0) is 61.2 Å². The van der Waals surface area contributed by atoms with Gasteiger partial charge in [0, 0.05) is 30.1 Å². The minimum atomic E-state index is -0.116. The minimum absolute atomic E-state index is 0.116. The molecule has 180 valence electrons. The van der Waals surface area contributed by atoms with E-state index in [1.54, 1.807) is 24.3 Å². The molecule has 0 atom stereocenters. The molecule has 0 bridgehead atoms. The Morgan fingerprint density at radius 3 is 2.74 bits per heavy atom. The lowest BCUT2D eigenvalue weighted by Gasteiger charge is -2.12. The third-order valence-corrected chi connectivity index (χ3v) is 6.04. The molecule has 0 aliphatic heterocycles. The lowest BCUT2D eigenvalue weighted by molar-refractivity contribution is 0.0953. The van der Waals surface area contributed by atoms with Crippen LogP contribution in [0.5, 0.6) is 5.75 Å². The molecule has 4 aromatic rings. The molecule has 1 heterocycles. The third-order valence-electron chi connectivity index (χ3n) is 5.80. The van der Waals surface area contributed by atoms with E-state index in [1.807, 2.05) is 42.5 Å². The fourth-order valence-electron chi connectivity index (χ4n) is 4.12. The average Bonchev–Trinajstić information content (AvgIpc) is 3.22. The molecule has 1 amide bonds. The SMILES string of the molecule is C=CCc1ccccc1OCCCn1c(CCCNC(=O)c2cccc(Cl)c2)nc2ccccc21. The molecule has 0 radical (unpaired) electrons. The standard InChI is InChI=1S/C29H30ClN3O2/c1-2-10-22-11-3-6-16-27(22)35-20-9-19-33-26-15-5-4-14-25(26)32-28(33)17-8-18-31-29(34)23-12-7-13-24(30)21-23/h2-7,11-16,21H,1,8-10,17-20H2,(H,31,34). The van der Waals surface area contributed by atoms with Crippen molar-refractivity contribution in [1.29, 1.82) is 0 Å². The van der Waals surface area contributed by atoms with Crippen molar-refractivity contribution in [1.82, 2.24) is 14.9 Å². The first-order chi connectivity index (χ1) is 17.2. The van der Waals surface area contributed by atoms with Crippen LogP contribution in [0.4, 0.5) is 0 Å². The summed E-state index contributed by atoms with van der Waals surface area (Å²) in [5, 5.41) is 3.53. The zero-order valence-corrected chi connectivity index (χ0v) is 20.5. The molecule has 6 heteroatoms. The smallest absolute Gasteiger partial charge is 0.251 e. The van der Waals surface area contributed by atoms with Gasteiger partial charge in [-0.3, -0.25) is 4.79 Å². The van der Waals surface area contributed by atoms with Crippen LogP contribution >= 0.6 is 11.6 Å². The van der Waals surface area contributed by atoms with Crippen LogP contribution in [-0.2, 0) is 19.4 Å². The van der Waals surface area contributed by atoms with Crippen LogP contribution in [0.3, 0.4) is 0 Å². The molecule has 0 saturated heterocycles. The topological polar surface area (TPSA) is 56.1 Å². The summed E-state index contributed by atoms with van der Waals surface area (Å²) in [5.41, 5.74) is 3.83. The molecule has 1 aromatic heterocycles. The minimum Gasteiger partial charge on any atom is -0.493 e. The highest BCUT2D eigenvalue weighted by Crippen LogP contribution is 2.20. The van der Waals surface area contributed by atoms with E-state index in [0.717, 1.165) is 60.4 Å². The number of imidazole rings is 1. The number of allylic oxidation sites excluding steroid dienone is 1. The van der Waals surface area contributed by atoms with Crippen molar-refractivity contribution < 1.29 is 9.53 Å². The molecule has 0 fully saturated rings. The summed E-state index contributed by atoms with van der Waals surface area (Å²) in [6, 6.07) is 23.3. The summed E-state index contributed by atoms with van der Waals surface area (Å²) in [6.45, 7) is 5.83. The molecule has 4 rings (SSSR count). The maximum Gasteiger partial charge on any atom is 0.251 e. The highest BCUT2D eigenvalue weighted by atomic mass is 35.5. The predicted molar refractivity (Wildman–Crippen MR) is 142 cm³/mol. The molecule has 0 aliphatic carbocycles. The summed E-state index contributed by atoms with van der Waals surface area (Å²) in [7, 11) is 0. The van der Waals surface area contributed by atoms with Gasteiger partial charge >= 0.3 is 0 Å². The van der Waals surface area contributed by atoms with Gasteiger partial charge in [-0.1, -0.05) is 54.1 Å². The predicted octanol–water partition coefficient (Wildman–Crippen LogP) is 6.25. The van der Waals surface area contributed by atoms with Gasteiger partial charge in [-0.15, -0.1) is 6.58 Å². The summed E-state index contributed by atoms with van der Waals surface area (Å²) in [4.78, 5) is 17.2. The Morgan fingerprint density at radius 2 is 1.89 bits per heavy atom. The van der Waals surface area contributed by atoms with E-state index >= 15 is 0 Å². The summed E-state index contributed by atoms with van der Waals surface area (Å²) >= 11 is 5.99. The Balaban J connectivity index is 1.34. The molecule has 3 aromatic carbocycles. The third kappa shape index (κ3) is 6.52. The van der Waals surface area contributed by atoms with Crippen molar-refractivity contribution in [3.8, 4) is 5.75 Å². The van der Waals surface area contributed by atoms with Gasteiger partial charge in [0.1, 0.15) is 11.6 Å². The van der Waals surface area contributed by atoms with E-state index in [4.69, 9.17) is 21.3 Å². The quantitative estimate of drug-likeness (QED) is 0.190. The monoisotopic (exact) mass is 487 g/mol. The van der Waals surface area contributed by atoms with Crippen molar-refractivity contribution in [3.63, 3.8) is 0 Å². The Hall–Kier alpha value is -3.57. The van der Waals surface area contributed by atoms with Crippen LogP contribution in [0, 0.1) is 0 Å². The average molecular weight is 488 g/mol. The second-order valence-corrected chi connectivity index (χ2v) is 8.78. The molecule has 0 saturated carbocycles. The second kappa shape index (κ2) is 12.2. The molecular weight excluding hydrogens is 458 g/mol. The molecule has 0 unspecified atom stereocenters. The first-order valence-corrected chi connectivity index (χ1v) is 12.3. The van der Waals surface area contributed by atoms with Gasteiger partial charge in [0.05, 0.1) is 17.6 Å². The molecule has 0 spiro atoms. The number of hydrogen-bond donors (Lipinski definition) is 1. The highest BCUT2D eigenvalue weighted by molar-refractivity contribution is 6.30. The van der Waals surface area contributed by atoms with Crippen molar-refractivity contribution in [3.05, 3.63) is 107 Å². The normalized spacial score (nSPS) is 10.9. The van der Waals surface area contributed by atoms with Gasteiger partial charge < -0.3 is 14.6 Å². The Bertz CT molecular complexity index is 1300. The van der Waals surface area contributed by atoms with Crippen molar-refractivity contribution in [2.75, 3.05) is 13.2 Å². The highest BCUT2D eigenvalue weighted by Gasteiger charge is 2.11. The van der Waals surface area contributed by atoms with Gasteiger partial charge in [-0.2, -0.15) is 0 Å². The maximum atomic E-state index is 12.4. The number of fused-ring (bicyclic) bond motifs is 1. The summed E-state index contributed by atoms with van der Waals surface area (Å²) in [5.74, 6) is 1.82. The lowest BCUT2D eigenvalue weighted by Crippen LogP contribution is -2.25. The van der Waals surface area contributed by atoms with E-state index in [1.165, 1.54) is 0 Å². The number of amides is 1. The Kier molecular flexibility index (Phi) is 8.58. The van der Waals surface area contributed by atoms with Crippen LogP contribution in [-0.4, -0.2) is 28.6 Å². The number of halogens is 1. The number of ether oxygens (including phenoxy) is 1. The van der Waals surface area contributed by atoms with Gasteiger partial charge in [0.15, 0.2) is 0 Å². The second-order valence-electron chi connectivity index (χ2n) is 8.34. The fraction of sp³-hybridized carbons (Fsp3) is 0.241. The lowest BCUT2D eigenvalue weighted by atomic mass is 10.1. The first kappa shape index (κ1) is 24.6. The zero-order valence-electron chi connectivity index (χ0n) is 19.8. The number of para-hydroxylation sites is 3. The number of hydrogen-bond acceptors (Lipinski definition) is 3. The first-order valence-electron chi connectivity index (χ1n) is 11.9. The van der Waals surface area contributed by atoms with E-state index in [-0.39, 0.29) is 5.91 Å². The number of aromatic nitrogens is 2. The molecule has 5 nitrogen and oxygen atoms in total. The summed E-state index contributed by atoms with van der Waals surface area (Å²) < 4.78 is 8.35. The Labute approximate surface area is 211 Å². The van der Waals surface area contributed by atoms with E-state index in [9.17, 15) is 4.79 Å². The number of benzene rings is 3. The number of nitrogens with one attached hydrogen (secondary N) is 1. The van der Waals surface area contributed by atoms with Gasteiger partial charge in [0.2, 0.25) is 0 Å². The zero-order chi connectivity index (χ0) is 24.5. The number of nitrogens with zero attached hydrogens (tertiary/aromatic N) is 2. The van der Waals surface area contributed by atoms with Crippen LogP contribution in [0.2, 0.25) is 5.02 Å². The van der Waals surface area contributed by atoms with Crippen LogP contribution in [0.25, 0.3) is 11.0 Å². The Morgan fingerprint density at radius 1 is 1.06 bits per heavy atom. The maximum absolute atomic E-state index is 12.4. The van der Waals surface area contributed by atoms with Crippen LogP contribution in [0.15, 0.2) is 85.5 Å². The molecule has 35 heavy (non-hydrogen) atoms. The number of carbonyl (C=O) groups is 1. The van der Waals surface area contributed by atoms with Crippen molar-refractivity contribution >= 4 is 28.5 Å². The molecule has 1 N–H and O–H groups in total. The van der Waals surface area contributed by atoms with Crippen LogP contribution in [0.1, 0.15) is 34.6 Å². The van der Waals surface area contributed by atoms with Crippen molar-refractivity contribution in [2.45, 2.75) is 32.2 Å². The number of carbonyl (C=O) groups excluding carboxylic acids is 1. The number of aryl methyl sites for hydroxylation is 2. The van der Waals surface area contributed by atoms with Crippen LogP contribution < -0.4 is 10.1 Å².